The Hall–Kier alpha value is -2.64. The van der Waals surface area contributed by atoms with Gasteiger partial charge in [0, 0.05) is 33.6 Å². The summed E-state index contributed by atoms with van der Waals surface area (Å²) in [6, 6.07) is 1.24. The molecule has 8 heteroatoms. The highest BCUT2D eigenvalue weighted by Gasteiger charge is 2.41. The molecule has 122 valence electrons. The van der Waals surface area contributed by atoms with E-state index in [0.717, 1.165) is 5.69 Å². The summed E-state index contributed by atoms with van der Waals surface area (Å²) in [4.78, 5) is 30.3. The third-order valence-corrected chi connectivity index (χ3v) is 4.17. The van der Waals surface area contributed by atoms with Gasteiger partial charge < -0.3 is 14.6 Å². The first-order valence-corrected chi connectivity index (χ1v) is 7.37. The first-order valence-electron chi connectivity index (χ1n) is 7.37. The summed E-state index contributed by atoms with van der Waals surface area (Å²) < 4.78 is 7.06. The average Bonchev–Trinajstić information content (AvgIpc) is 3.11. The van der Waals surface area contributed by atoms with E-state index in [0.29, 0.717) is 11.6 Å². The normalized spacial score (nSPS) is 21.0. The second kappa shape index (κ2) is 5.53. The summed E-state index contributed by atoms with van der Waals surface area (Å²) in [5.41, 5.74) is 1.41. The molecule has 23 heavy (non-hydrogen) atoms. The minimum absolute atomic E-state index is 0.0213. The molecule has 1 saturated heterocycles. The summed E-state index contributed by atoms with van der Waals surface area (Å²) in [5.74, 6) is 0.249. The minimum atomic E-state index is -0.358. The van der Waals surface area contributed by atoms with Crippen LogP contribution in [0.5, 0.6) is 0 Å². The Labute approximate surface area is 133 Å². The lowest BCUT2D eigenvalue weighted by Gasteiger charge is -2.25. The van der Waals surface area contributed by atoms with Crippen LogP contribution in [0.1, 0.15) is 40.3 Å². The van der Waals surface area contributed by atoms with Crippen molar-refractivity contribution >= 4 is 11.8 Å². The minimum Gasteiger partial charge on any atom is -0.436 e. The number of likely N-dealkylation sites (N-methyl/N-ethyl adjacent to an activating group) is 1. The van der Waals surface area contributed by atoms with Crippen LogP contribution in [-0.2, 0) is 11.8 Å². The van der Waals surface area contributed by atoms with E-state index in [-0.39, 0.29) is 36.1 Å². The fourth-order valence-electron chi connectivity index (χ4n) is 3.05. The maximum Gasteiger partial charge on any atom is 0.289 e. The van der Waals surface area contributed by atoms with Crippen LogP contribution in [0.25, 0.3) is 0 Å². The number of likely N-dealkylation sites (tertiary alicyclic amines) is 1. The lowest BCUT2D eigenvalue weighted by Crippen LogP contribution is -2.39. The van der Waals surface area contributed by atoms with Crippen molar-refractivity contribution in [2.24, 2.45) is 7.05 Å². The summed E-state index contributed by atoms with van der Waals surface area (Å²) in [5, 5.41) is 7.05. The van der Waals surface area contributed by atoms with Gasteiger partial charge in [0.15, 0.2) is 5.89 Å². The quantitative estimate of drug-likeness (QED) is 0.900. The maximum absolute atomic E-state index is 12.5. The molecule has 2 atom stereocenters. The lowest BCUT2D eigenvalue weighted by atomic mass is 10.1. The second-order valence-corrected chi connectivity index (χ2v) is 5.76. The van der Waals surface area contributed by atoms with Crippen LogP contribution in [0.2, 0.25) is 0 Å². The number of nitrogens with one attached hydrogen (secondary N) is 1. The summed E-state index contributed by atoms with van der Waals surface area (Å²) in [7, 11) is 3.55. The predicted octanol–water partition coefficient (Wildman–Crippen LogP) is 0.727. The van der Waals surface area contributed by atoms with Gasteiger partial charge in [-0.2, -0.15) is 5.10 Å². The van der Waals surface area contributed by atoms with Gasteiger partial charge in [-0.05, 0) is 13.0 Å². The summed E-state index contributed by atoms with van der Waals surface area (Å²) in [6.07, 6.45) is 1.92. The van der Waals surface area contributed by atoms with Gasteiger partial charge in [0.25, 0.3) is 5.91 Å². The van der Waals surface area contributed by atoms with Crippen molar-refractivity contribution in [3.8, 4) is 0 Å². The highest BCUT2D eigenvalue weighted by Crippen LogP contribution is 2.31. The van der Waals surface area contributed by atoms with Crippen LogP contribution >= 0.6 is 0 Å². The number of aryl methyl sites for hydroxylation is 3. The Bertz CT molecular complexity index is 763. The van der Waals surface area contributed by atoms with Crippen molar-refractivity contribution in [1.82, 2.24) is 25.0 Å². The standard InChI is InChI=1S/C15H19N5O3/c1-8-14(23-9(2)17-8)15(22)18-10-7-12(21)19(3)13(10)11-5-6-16-20(11)4/h5-6,10,13H,7H2,1-4H3,(H,18,22)/t10-,13-/m1/s1. The maximum atomic E-state index is 12.5. The Morgan fingerprint density at radius 2 is 2.13 bits per heavy atom. The largest absolute Gasteiger partial charge is 0.436 e. The van der Waals surface area contributed by atoms with Crippen LogP contribution in [0.3, 0.4) is 0 Å². The molecule has 0 spiro atoms. The van der Waals surface area contributed by atoms with E-state index in [1.165, 1.54) is 0 Å². The zero-order valence-electron chi connectivity index (χ0n) is 13.5. The van der Waals surface area contributed by atoms with E-state index in [9.17, 15) is 9.59 Å². The molecule has 2 aromatic heterocycles. The highest BCUT2D eigenvalue weighted by molar-refractivity contribution is 5.93. The molecule has 8 nitrogen and oxygen atoms in total. The molecule has 3 rings (SSSR count). The molecule has 1 aliphatic heterocycles. The van der Waals surface area contributed by atoms with E-state index in [4.69, 9.17) is 4.42 Å². The Morgan fingerprint density at radius 1 is 1.39 bits per heavy atom. The van der Waals surface area contributed by atoms with Crippen molar-refractivity contribution in [3.05, 3.63) is 35.3 Å². The van der Waals surface area contributed by atoms with Gasteiger partial charge in [-0.3, -0.25) is 14.3 Å². The average molecular weight is 317 g/mol. The van der Waals surface area contributed by atoms with Gasteiger partial charge in [-0.15, -0.1) is 0 Å². The molecule has 0 radical (unpaired) electrons. The smallest absolute Gasteiger partial charge is 0.289 e. The first kappa shape index (κ1) is 15.3. The van der Waals surface area contributed by atoms with Crippen LogP contribution in [0.15, 0.2) is 16.7 Å². The second-order valence-electron chi connectivity index (χ2n) is 5.76. The zero-order valence-corrected chi connectivity index (χ0v) is 13.5. The van der Waals surface area contributed by atoms with Crippen molar-refractivity contribution in [2.75, 3.05) is 7.05 Å². The fraction of sp³-hybridized carbons (Fsp3) is 0.467. The van der Waals surface area contributed by atoms with Crippen molar-refractivity contribution in [1.29, 1.82) is 0 Å². The van der Waals surface area contributed by atoms with Gasteiger partial charge in [-0.1, -0.05) is 0 Å². The van der Waals surface area contributed by atoms with Crippen molar-refractivity contribution in [3.63, 3.8) is 0 Å². The van der Waals surface area contributed by atoms with E-state index in [1.54, 1.807) is 36.7 Å². The van der Waals surface area contributed by atoms with Gasteiger partial charge >= 0.3 is 0 Å². The third kappa shape index (κ3) is 2.60. The molecule has 0 aromatic carbocycles. The number of nitrogens with zero attached hydrogens (tertiary/aromatic N) is 4. The number of oxazole rings is 1. The van der Waals surface area contributed by atoms with Gasteiger partial charge in [0.05, 0.1) is 23.5 Å². The Morgan fingerprint density at radius 3 is 2.70 bits per heavy atom. The van der Waals surface area contributed by atoms with Crippen LogP contribution in [0, 0.1) is 13.8 Å². The molecule has 2 amide bonds. The molecule has 0 unspecified atom stereocenters. The number of amides is 2. The number of hydrogen-bond acceptors (Lipinski definition) is 5. The Kier molecular flexibility index (Phi) is 3.67. The molecule has 1 fully saturated rings. The highest BCUT2D eigenvalue weighted by atomic mass is 16.4. The molecule has 1 aliphatic rings. The molecule has 1 N–H and O–H groups in total. The molecule has 0 saturated carbocycles. The number of carbonyl (C=O) groups excluding carboxylic acids is 2. The topological polar surface area (TPSA) is 93.3 Å². The lowest BCUT2D eigenvalue weighted by molar-refractivity contribution is -0.127. The number of carbonyl (C=O) groups is 2. The fourth-order valence-corrected chi connectivity index (χ4v) is 3.05. The van der Waals surface area contributed by atoms with Gasteiger partial charge in [0.2, 0.25) is 11.7 Å². The SMILES string of the molecule is Cc1nc(C)c(C(=O)N[C@@H]2CC(=O)N(C)[C@H]2c2ccnn2C)o1. The summed E-state index contributed by atoms with van der Waals surface area (Å²) in [6.45, 7) is 3.41. The molecule has 2 aromatic rings. The number of hydrogen-bond donors (Lipinski definition) is 1. The third-order valence-electron chi connectivity index (χ3n) is 4.17. The zero-order chi connectivity index (χ0) is 16.7. The molecule has 3 heterocycles. The van der Waals surface area contributed by atoms with Crippen LogP contribution < -0.4 is 5.32 Å². The molecule has 0 aliphatic carbocycles. The predicted molar refractivity (Wildman–Crippen MR) is 80.6 cm³/mol. The van der Waals surface area contributed by atoms with Crippen LogP contribution in [0.4, 0.5) is 0 Å². The molecule has 0 bridgehead atoms. The monoisotopic (exact) mass is 317 g/mol. The molecular formula is C15H19N5O3. The Balaban J connectivity index is 1.86. The molecular weight excluding hydrogens is 298 g/mol. The number of aromatic nitrogens is 3. The van der Waals surface area contributed by atoms with Crippen molar-refractivity contribution in [2.45, 2.75) is 32.4 Å². The van der Waals surface area contributed by atoms with Crippen molar-refractivity contribution < 1.29 is 14.0 Å². The van der Waals surface area contributed by atoms with E-state index < -0.39 is 0 Å². The van der Waals surface area contributed by atoms with E-state index in [2.05, 4.69) is 15.4 Å². The first-order chi connectivity index (χ1) is 10.9. The van der Waals surface area contributed by atoms with Gasteiger partial charge in [-0.25, -0.2) is 4.98 Å². The van der Waals surface area contributed by atoms with E-state index in [1.807, 2.05) is 13.1 Å². The number of rotatable bonds is 3. The van der Waals surface area contributed by atoms with E-state index >= 15 is 0 Å². The van der Waals surface area contributed by atoms with Crippen LogP contribution in [-0.4, -0.2) is 44.6 Å². The summed E-state index contributed by atoms with van der Waals surface area (Å²) >= 11 is 0. The van der Waals surface area contributed by atoms with Gasteiger partial charge in [0.1, 0.15) is 0 Å².